The van der Waals surface area contributed by atoms with Crippen LogP contribution in [0.15, 0.2) is 16.7 Å². The third-order valence-electron chi connectivity index (χ3n) is 1.89. The van der Waals surface area contributed by atoms with Gasteiger partial charge in [-0.2, -0.15) is 4.98 Å². The van der Waals surface area contributed by atoms with Crippen molar-refractivity contribution in [2.75, 3.05) is 5.32 Å². The van der Waals surface area contributed by atoms with Crippen LogP contribution in [-0.2, 0) is 0 Å². The molecule has 0 atom stereocenters. The van der Waals surface area contributed by atoms with Crippen molar-refractivity contribution in [2.45, 2.75) is 13.8 Å². The van der Waals surface area contributed by atoms with Crippen molar-refractivity contribution >= 4 is 11.9 Å². The summed E-state index contributed by atoms with van der Waals surface area (Å²) in [7, 11) is 0. The normalized spacial score (nSPS) is 10.3. The third kappa shape index (κ3) is 1.88. The smallest absolute Gasteiger partial charge is 0.294 e. The number of furan rings is 1. The molecular weight excluding hydrogens is 196 g/mol. The zero-order valence-electron chi connectivity index (χ0n) is 8.37. The second-order valence-electron chi connectivity index (χ2n) is 3.13. The van der Waals surface area contributed by atoms with Crippen LogP contribution in [0, 0.1) is 13.8 Å². The highest BCUT2D eigenvalue weighted by molar-refractivity contribution is 6.02. The number of nitrogens with one attached hydrogen (secondary N) is 2. The number of hydrogen-bond acceptors (Lipinski definition) is 4. The number of aryl methyl sites for hydroxylation is 2. The summed E-state index contributed by atoms with van der Waals surface area (Å²) in [4.78, 5) is 15.6. The van der Waals surface area contributed by atoms with Gasteiger partial charge in [0.2, 0.25) is 5.95 Å². The Kier molecular flexibility index (Phi) is 2.24. The molecule has 2 aromatic heterocycles. The molecule has 1 amide bonds. The molecule has 15 heavy (non-hydrogen) atoms. The Morgan fingerprint density at radius 3 is 2.87 bits per heavy atom. The van der Waals surface area contributed by atoms with Gasteiger partial charge in [-0.15, -0.1) is 5.10 Å². The topological polar surface area (TPSA) is 83.8 Å². The largest absolute Gasteiger partial charge is 0.459 e. The Morgan fingerprint density at radius 2 is 2.33 bits per heavy atom. The zero-order chi connectivity index (χ0) is 10.8. The second kappa shape index (κ2) is 3.56. The summed E-state index contributed by atoms with van der Waals surface area (Å²) in [6, 6.07) is 1.72. The Morgan fingerprint density at radius 1 is 1.53 bits per heavy atom. The molecule has 0 fully saturated rings. The Bertz CT molecular complexity index is 486. The predicted molar refractivity (Wildman–Crippen MR) is 52.5 cm³/mol. The number of rotatable bonds is 2. The van der Waals surface area contributed by atoms with E-state index in [9.17, 15) is 4.79 Å². The van der Waals surface area contributed by atoms with Gasteiger partial charge in [0.15, 0.2) is 5.76 Å². The van der Waals surface area contributed by atoms with E-state index in [1.54, 1.807) is 19.9 Å². The van der Waals surface area contributed by atoms with E-state index in [4.69, 9.17) is 4.42 Å². The van der Waals surface area contributed by atoms with E-state index >= 15 is 0 Å². The first-order chi connectivity index (χ1) is 7.16. The lowest BCUT2D eigenvalue weighted by Crippen LogP contribution is -2.13. The Hall–Kier alpha value is -2.11. The van der Waals surface area contributed by atoms with Crippen LogP contribution in [0.25, 0.3) is 0 Å². The van der Waals surface area contributed by atoms with Gasteiger partial charge in [-0.25, -0.2) is 0 Å². The van der Waals surface area contributed by atoms with Gasteiger partial charge in [0.25, 0.3) is 5.91 Å². The molecule has 0 unspecified atom stereocenters. The van der Waals surface area contributed by atoms with Crippen molar-refractivity contribution in [1.29, 1.82) is 0 Å². The van der Waals surface area contributed by atoms with Gasteiger partial charge >= 0.3 is 0 Å². The molecule has 0 radical (unpaired) electrons. The van der Waals surface area contributed by atoms with Gasteiger partial charge in [-0.05, 0) is 19.9 Å². The zero-order valence-corrected chi connectivity index (χ0v) is 8.37. The lowest BCUT2D eigenvalue weighted by molar-refractivity contribution is 0.0995. The SMILES string of the molecule is Cc1nc(NC(=O)c2occc2C)n[nH]1. The molecule has 0 bridgehead atoms. The maximum absolute atomic E-state index is 11.6. The van der Waals surface area contributed by atoms with E-state index in [0.717, 1.165) is 5.56 Å². The minimum absolute atomic E-state index is 0.244. The first-order valence-electron chi connectivity index (χ1n) is 4.41. The van der Waals surface area contributed by atoms with Crippen LogP contribution in [0.1, 0.15) is 21.9 Å². The predicted octanol–water partition coefficient (Wildman–Crippen LogP) is 1.27. The van der Waals surface area contributed by atoms with E-state index in [1.807, 2.05) is 0 Å². The van der Waals surface area contributed by atoms with Crippen molar-refractivity contribution < 1.29 is 9.21 Å². The van der Waals surface area contributed by atoms with Crippen molar-refractivity contribution in [3.63, 3.8) is 0 Å². The summed E-state index contributed by atoms with van der Waals surface area (Å²) < 4.78 is 5.03. The molecule has 0 aliphatic rings. The third-order valence-corrected chi connectivity index (χ3v) is 1.89. The fourth-order valence-corrected chi connectivity index (χ4v) is 1.16. The molecule has 0 saturated carbocycles. The van der Waals surface area contributed by atoms with E-state index in [2.05, 4.69) is 20.5 Å². The minimum atomic E-state index is -0.350. The standard InChI is InChI=1S/C9H10N4O2/c1-5-3-4-15-7(5)8(14)11-9-10-6(2)12-13-9/h3-4H,1-2H3,(H2,10,11,12,13,14). The van der Waals surface area contributed by atoms with Gasteiger partial charge < -0.3 is 4.42 Å². The van der Waals surface area contributed by atoms with Gasteiger partial charge in [-0.1, -0.05) is 0 Å². The number of carbonyl (C=O) groups excluding carboxylic acids is 1. The molecule has 0 spiro atoms. The number of anilines is 1. The second-order valence-corrected chi connectivity index (χ2v) is 3.13. The summed E-state index contributed by atoms with van der Waals surface area (Å²) in [5.74, 6) is 0.809. The lowest BCUT2D eigenvalue weighted by Gasteiger charge is -1.97. The van der Waals surface area contributed by atoms with Crippen molar-refractivity contribution in [2.24, 2.45) is 0 Å². The quantitative estimate of drug-likeness (QED) is 0.774. The molecule has 78 valence electrons. The van der Waals surface area contributed by atoms with Crippen LogP contribution in [0.4, 0.5) is 5.95 Å². The Balaban J connectivity index is 2.14. The van der Waals surface area contributed by atoms with E-state index < -0.39 is 0 Å². The molecule has 0 aliphatic heterocycles. The number of aromatic nitrogens is 3. The number of H-pyrrole nitrogens is 1. The summed E-state index contributed by atoms with van der Waals surface area (Å²) in [5.41, 5.74) is 0.778. The van der Waals surface area contributed by atoms with Crippen LogP contribution in [0.5, 0.6) is 0 Å². The number of hydrogen-bond donors (Lipinski definition) is 2. The van der Waals surface area contributed by atoms with Crippen LogP contribution >= 0.6 is 0 Å². The number of aromatic amines is 1. The average Bonchev–Trinajstić information content (AvgIpc) is 2.75. The number of nitrogens with zero attached hydrogens (tertiary/aromatic N) is 2. The molecule has 0 aliphatic carbocycles. The van der Waals surface area contributed by atoms with Crippen LogP contribution < -0.4 is 5.32 Å². The molecule has 0 aromatic carbocycles. The van der Waals surface area contributed by atoms with E-state index in [1.165, 1.54) is 6.26 Å². The fourth-order valence-electron chi connectivity index (χ4n) is 1.16. The van der Waals surface area contributed by atoms with Crippen molar-refractivity contribution in [1.82, 2.24) is 15.2 Å². The Labute approximate surface area is 85.7 Å². The highest BCUT2D eigenvalue weighted by Crippen LogP contribution is 2.10. The summed E-state index contributed by atoms with van der Waals surface area (Å²) in [6.07, 6.45) is 1.47. The van der Waals surface area contributed by atoms with Crippen molar-refractivity contribution in [3.05, 3.63) is 29.5 Å². The molecule has 2 rings (SSSR count). The summed E-state index contributed by atoms with van der Waals surface area (Å²) >= 11 is 0. The van der Waals surface area contributed by atoms with Crippen molar-refractivity contribution in [3.8, 4) is 0 Å². The van der Waals surface area contributed by atoms with Gasteiger partial charge in [0, 0.05) is 5.56 Å². The lowest BCUT2D eigenvalue weighted by atomic mass is 10.3. The first kappa shape index (κ1) is 9.45. The molecule has 2 heterocycles. The highest BCUT2D eigenvalue weighted by atomic mass is 16.3. The maximum Gasteiger partial charge on any atom is 0.294 e. The fraction of sp³-hybridized carbons (Fsp3) is 0.222. The molecule has 2 aromatic rings. The highest BCUT2D eigenvalue weighted by Gasteiger charge is 2.14. The maximum atomic E-state index is 11.6. The van der Waals surface area contributed by atoms with Gasteiger partial charge in [-0.3, -0.25) is 15.2 Å². The average molecular weight is 206 g/mol. The summed E-state index contributed by atoms with van der Waals surface area (Å²) in [6.45, 7) is 3.54. The summed E-state index contributed by atoms with van der Waals surface area (Å²) in [5, 5.41) is 8.93. The van der Waals surface area contributed by atoms with E-state index in [0.29, 0.717) is 5.82 Å². The van der Waals surface area contributed by atoms with Gasteiger partial charge in [0.05, 0.1) is 6.26 Å². The first-order valence-corrected chi connectivity index (χ1v) is 4.41. The molecule has 6 heteroatoms. The van der Waals surface area contributed by atoms with Gasteiger partial charge in [0.1, 0.15) is 5.82 Å². The van der Waals surface area contributed by atoms with Crippen LogP contribution in [0.3, 0.4) is 0 Å². The van der Waals surface area contributed by atoms with E-state index in [-0.39, 0.29) is 17.6 Å². The number of carbonyl (C=O) groups is 1. The minimum Gasteiger partial charge on any atom is -0.459 e. The van der Waals surface area contributed by atoms with Crippen LogP contribution in [-0.4, -0.2) is 21.1 Å². The molecule has 2 N–H and O–H groups in total. The monoisotopic (exact) mass is 206 g/mol. The molecule has 6 nitrogen and oxygen atoms in total. The molecule has 0 saturated heterocycles. The molecular formula is C9H10N4O2. The van der Waals surface area contributed by atoms with Crippen LogP contribution in [0.2, 0.25) is 0 Å². The number of amides is 1.